The lowest BCUT2D eigenvalue weighted by Gasteiger charge is -2.03. The molecule has 0 aromatic heterocycles. The van der Waals surface area contributed by atoms with E-state index in [2.05, 4.69) is 17.2 Å². The van der Waals surface area contributed by atoms with Crippen LogP contribution in [-0.4, -0.2) is 39.6 Å². The van der Waals surface area contributed by atoms with Crippen molar-refractivity contribution in [3.63, 3.8) is 0 Å². The number of nitrogens with one attached hydrogen (secondary N) is 1. The molecular weight excluding hydrogens is 178 g/mol. The largest absolute Gasteiger partial charge is 0.405 e. The van der Waals surface area contributed by atoms with E-state index >= 15 is 0 Å². The first-order chi connectivity index (χ1) is 6.85. The Morgan fingerprint density at radius 1 is 1.57 bits per heavy atom. The van der Waals surface area contributed by atoms with Gasteiger partial charge in [0.05, 0.1) is 13.2 Å². The van der Waals surface area contributed by atoms with Crippen LogP contribution in [0.2, 0.25) is 0 Å². The summed E-state index contributed by atoms with van der Waals surface area (Å²) in [7, 11) is 1.67. The van der Waals surface area contributed by atoms with E-state index in [1.165, 1.54) is 0 Å². The molecule has 0 aliphatic rings. The zero-order valence-electron chi connectivity index (χ0n) is 9.12. The normalized spacial score (nSPS) is 12.6. The molecule has 0 aliphatic heterocycles. The molecule has 0 radical (unpaired) electrons. The fourth-order valence-electron chi connectivity index (χ4n) is 0.902. The van der Waals surface area contributed by atoms with Gasteiger partial charge < -0.3 is 15.8 Å². The molecule has 0 heterocycles. The maximum absolute atomic E-state index is 5.47. The number of rotatable bonds is 8. The second-order valence-corrected chi connectivity index (χ2v) is 2.89. The van der Waals surface area contributed by atoms with Crippen LogP contribution < -0.4 is 11.1 Å². The number of nitrogens with two attached hydrogens (primary N) is 1. The smallest absolute Gasteiger partial charge is 0.0657 e. The average molecular weight is 199 g/mol. The number of nitrogens with zero attached hydrogens (tertiary/aromatic N) is 1. The van der Waals surface area contributed by atoms with Gasteiger partial charge in [-0.15, -0.1) is 0 Å². The van der Waals surface area contributed by atoms with E-state index in [0.29, 0.717) is 6.61 Å². The highest BCUT2D eigenvalue weighted by atomic mass is 16.5. The van der Waals surface area contributed by atoms with Crippen LogP contribution in [0.1, 0.15) is 13.3 Å². The minimum Gasteiger partial charge on any atom is -0.405 e. The standard InChI is InChI=1S/C10H21N3O/c1-3-12-9-10(8-11)4-5-13-6-7-14-2/h5,8,12H,3-4,6-7,9,11H2,1-2H3/b10-8+,13-5?. The molecule has 4 heteroatoms. The molecule has 0 spiro atoms. The molecule has 4 nitrogen and oxygen atoms in total. The Bertz CT molecular complexity index is 178. The van der Waals surface area contributed by atoms with E-state index in [1.54, 1.807) is 13.3 Å². The van der Waals surface area contributed by atoms with Crippen molar-refractivity contribution in [2.24, 2.45) is 10.7 Å². The summed E-state index contributed by atoms with van der Waals surface area (Å²) < 4.78 is 4.87. The van der Waals surface area contributed by atoms with Crippen LogP contribution in [0, 0.1) is 0 Å². The molecule has 0 amide bonds. The first-order valence-corrected chi connectivity index (χ1v) is 4.92. The van der Waals surface area contributed by atoms with Gasteiger partial charge in [0.15, 0.2) is 0 Å². The Labute approximate surface area is 86.2 Å². The first kappa shape index (κ1) is 13.1. The van der Waals surface area contributed by atoms with Crippen LogP contribution in [-0.2, 0) is 4.74 Å². The summed E-state index contributed by atoms with van der Waals surface area (Å²) in [6, 6.07) is 0. The highest BCUT2D eigenvalue weighted by molar-refractivity contribution is 5.61. The quantitative estimate of drug-likeness (QED) is 0.443. The summed E-state index contributed by atoms with van der Waals surface area (Å²) in [6.45, 7) is 5.25. The van der Waals surface area contributed by atoms with Crippen molar-refractivity contribution in [1.82, 2.24) is 5.32 Å². The highest BCUT2D eigenvalue weighted by Crippen LogP contribution is 1.94. The monoisotopic (exact) mass is 199 g/mol. The molecule has 0 atom stereocenters. The van der Waals surface area contributed by atoms with E-state index in [0.717, 1.165) is 31.6 Å². The molecule has 3 N–H and O–H groups in total. The highest BCUT2D eigenvalue weighted by Gasteiger charge is 1.92. The van der Waals surface area contributed by atoms with Crippen LogP contribution in [0.5, 0.6) is 0 Å². The number of aliphatic imine (C=N–C) groups is 1. The molecule has 0 aromatic carbocycles. The van der Waals surface area contributed by atoms with Gasteiger partial charge in [-0.25, -0.2) is 0 Å². The van der Waals surface area contributed by atoms with E-state index < -0.39 is 0 Å². The number of methoxy groups -OCH3 is 1. The van der Waals surface area contributed by atoms with Crippen molar-refractivity contribution >= 4 is 6.21 Å². The van der Waals surface area contributed by atoms with Crippen molar-refractivity contribution in [3.8, 4) is 0 Å². The van der Waals surface area contributed by atoms with E-state index in [1.807, 2.05) is 6.21 Å². The van der Waals surface area contributed by atoms with E-state index in [-0.39, 0.29) is 0 Å². The van der Waals surface area contributed by atoms with Crippen molar-refractivity contribution in [2.75, 3.05) is 33.4 Å². The third-order valence-corrected chi connectivity index (χ3v) is 1.74. The molecule has 0 saturated heterocycles. The topological polar surface area (TPSA) is 59.6 Å². The van der Waals surface area contributed by atoms with Crippen LogP contribution in [0.15, 0.2) is 16.8 Å². The molecular formula is C10H21N3O. The fourth-order valence-corrected chi connectivity index (χ4v) is 0.902. The van der Waals surface area contributed by atoms with Crippen LogP contribution >= 0.6 is 0 Å². The molecule has 0 unspecified atom stereocenters. The van der Waals surface area contributed by atoms with Crippen molar-refractivity contribution in [3.05, 3.63) is 11.8 Å². The zero-order chi connectivity index (χ0) is 10.6. The summed E-state index contributed by atoms with van der Waals surface area (Å²) in [6.07, 6.45) is 4.34. The van der Waals surface area contributed by atoms with Crippen molar-refractivity contribution < 1.29 is 4.74 Å². The molecule has 0 fully saturated rings. The van der Waals surface area contributed by atoms with Gasteiger partial charge in [-0.2, -0.15) is 0 Å². The first-order valence-electron chi connectivity index (χ1n) is 4.92. The molecule has 0 aromatic rings. The molecule has 0 saturated carbocycles. The van der Waals surface area contributed by atoms with Gasteiger partial charge in [0.1, 0.15) is 0 Å². The molecule has 0 aliphatic carbocycles. The summed E-state index contributed by atoms with van der Waals surface area (Å²) in [4.78, 5) is 4.18. The Balaban J connectivity index is 3.57. The maximum atomic E-state index is 5.47. The second kappa shape index (κ2) is 10.2. The lowest BCUT2D eigenvalue weighted by molar-refractivity contribution is 0.208. The SMILES string of the molecule is CCNC/C(=C/N)CC=NCCOC. The molecule has 0 bridgehead atoms. The van der Waals surface area contributed by atoms with Gasteiger partial charge in [0, 0.05) is 26.3 Å². The summed E-state index contributed by atoms with van der Waals surface area (Å²) >= 11 is 0. The van der Waals surface area contributed by atoms with Crippen LogP contribution in [0.4, 0.5) is 0 Å². The van der Waals surface area contributed by atoms with Gasteiger partial charge in [0.2, 0.25) is 0 Å². The van der Waals surface area contributed by atoms with Gasteiger partial charge >= 0.3 is 0 Å². The summed E-state index contributed by atoms with van der Waals surface area (Å²) in [5, 5.41) is 3.22. The Morgan fingerprint density at radius 2 is 2.36 bits per heavy atom. The van der Waals surface area contributed by atoms with Gasteiger partial charge in [-0.1, -0.05) is 6.92 Å². The predicted octanol–water partition coefficient (Wildman–Crippen LogP) is 0.546. The van der Waals surface area contributed by atoms with Gasteiger partial charge in [-0.3, -0.25) is 4.99 Å². The maximum Gasteiger partial charge on any atom is 0.0657 e. The van der Waals surface area contributed by atoms with Crippen molar-refractivity contribution in [1.29, 1.82) is 0 Å². The Morgan fingerprint density at radius 3 is 2.93 bits per heavy atom. The lowest BCUT2D eigenvalue weighted by Crippen LogP contribution is -2.17. The predicted molar refractivity (Wildman–Crippen MR) is 60.7 cm³/mol. The number of ether oxygens (including phenoxy) is 1. The third kappa shape index (κ3) is 7.76. The zero-order valence-corrected chi connectivity index (χ0v) is 9.12. The number of likely N-dealkylation sites (N-methyl/N-ethyl adjacent to an activating group) is 1. The van der Waals surface area contributed by atoms with Crippen LogP contribution in [0.3, 0.4) is 0 Å². The van der Waals surface area contributed by atoms with E-state index in [9.17, 15) is 0 Å². The van der Waals surface area contributed by atoms with Crippen molar-refractivity contribution in [2.45, 2.75) is 13.3 Å². The van der Waals surface area contributed by atoms with Crippen LogP contribution in [0.25, 0.3) is 0 Å². The number of hydrogen-bond acceptors (Lipinski definition) is 4. The Kier molecular flexibility index (Phi) is 9.58. The van der Waals surface area contributed by atoms with E-state index in [4.69, 9.17) is 10.5 Å². The Hall–Kier alpha value is -0.870. The summed E-state index contributed by atoms with van der Waals surface area (Å²) in [5.41, 5.74) is 6.63. The summed E-state index contributed by atoms with van der Waals surface area (Å²) in [5.74, 6) is 0. The van der Waals surface area contributed by atoms with Gasteiger partial charge in [-0.05, 0) is 18.3 Å². The lowest BCUT2D eigenvalue weighted by atomic mass is 10.2. The van der Waals surface area contributed by atoms with Gasteiger partial charge in [0.25, 0.3) is 0 Å². The fraction of sp³-hybridized carbons (Fsp3) is 0.700. The number of hydrogen-bond donors (Lipinski definition) is 2. The molecule has 82 valence electrons. The molecule has 14 heavy (non-hydrogen) atoms. The average Bonchev–Trinajstić information content (AvgIpc) is 2.22. The minimum absolute atomic E-state index is 0.672. The second-order valence-electron chi connectivity index (χ2n) is 2.89. The molecule has 0 rings (SSSR count). The third-order valence-electron chi connectivity index (χ3n) is 1.74. The minimum atomic E-state index is 0.672.